The smallest absolute Gasteiger partial charge is 0.126 e. The van der Waals surface area contributed by atoms with E-state index >= 15 is 0 Å². The first-order chi connectivity index (χ1) is 8.34. The first-order valence-electron chi connectivity index (χ1n) is 5.45. The van der Waals surface area contributed by atoms with Crippen LogP contribution >= 0.6 is 0 Å². The number of nitrogens with one attached hydrogen (secondary N) is 1. The molecule has 2 aromatic rings. The van der Waals surface area contributed by atoms with E-state index < -0.39 is 0 Å². The van der Waals surface area contributed by atoms with Crippen LogP contribution < -0.4 is 10.1 Å². The molecule has 0 aliphatic rings. The Morgan fingerprint density at radius 3 is 3.00 bits per heavy atom. The number of furan rings is 1. The van der Waals surface area contributed by atoms with Crippen LogP contribution in [-0.4, -0.2) is 13.2 Å². The average molecular weight is 235 g/mol. The Bertz CT molecular complexity index is 442. The van der Waals surface area contributed by atoms with Crippen molar-refractivity contribution >= 4 is 0 Å². The van der Waals surface area contributed by atoms with Crippen molar-refractivity contribution in [3.05, 3.63) is 54.2 Å². The van der Waals surface area contributed by atoms with E-state index in [-0.39, 0.29) is 5.82 Å². The second kappa shape index (κ2) is 6.06. The predicted octanol–water partition coefficient (Wildman–Crippen LogP) is 2.59. The minimum atomic E-state index is -0.283. The highest BCUT2D eigenvalue weighted by Crippen LogP contribution is 2.11. The normalized spacial score (nSPS) is 10.4. The van der Waals surface area contributed by atoms with Crippen LogP contribution in [-0.2, 0) is 6.54 Å². The molecule has 2 rings (SSSR count). The zero-order valence-electron chi connectivity index (χ0n) is 9.36. The standard InChI is InChI=1S/C13H14FNO2/c14-12-2-1-3-13(8-12)17-7-5-15-9-11-4-6-16-10-11/h1-4,6,8,10,15H,5,7,9H2. The van der Waals surface area contributed by atoms with Crippen LogP contribution in [0.4, 0.5) is 4.39 Å². The van der Waals surface area contributed by atoms with E-state index in [1.807, 2.05) is 6.07 Å². The lowest BCUT2D eigenvalue weighted by molar-refractivity contribution is 0.312. The molecule has 1 heterocycles. The molecule has 0 saturated carbocycles. The van der Waals surface area contributed by atoms with Gasteiger partial charge in [0, 0.05) is 24.7 Å². The van der Waals surface area contributed by atoms with Gasteiger partial charge in [-0.25, -0.2) is 4.39 Å². The molecule has 1 aromatic heterocycles. The van der Waals surface area contributed by atoms with Gasteiger partial charge in [0.2, 0.25) is 0 Å². The lowest BCUT2D eigenvalue weighted by Gasteiger charge is -2.06. The molecule has 0 radical (unpaired) electrons. The van der Waals surface area contributed by atoms with Gasteiger partial charge in [0.15, 0.2) is 0 Å². The molecule has 4 heteroatoms. The van der Waals surface area contributed by atoms with Crippen molar-refractivity contribution in [2.75, 3.05) is 13.2 Å². The molecule has 90 valence electrons. The molecule has 0 fully saturated rings. The van der Waals surface area contributed by atoms with Gasteiger partial charge >= 0.3 is 0 Å². The minimum absolute atomic E-state index is 0.283. The Hall–Kier alpha value is -1.81. The van der Waals surface area contributed by atoms with Crippen LogP contribution in [0.2, 0.25) is 0 Å². The summed E-state index contributed by atoms with van der Waals surface area (Å²) in [5, 5.41) is 3.19. The van der Waals surface area contributed by atoms with Crippen molar-refractivity contribution in [2.24, 2.45) is 0 Å². The van der Waals surface area contributed by atoms with Crippen LogP contribution in [0.3, 0.4) is 0 Å². The molecule has 3 nitrogen and oxygen atoms in total. The lowest BCUT2D eigenvalue weighted by atomic mass is 10.3. The summed E-state index contributed by atoms with van der Waals surface area (Å²) in [5.41, 5.74) is 1.09. The Balaban J connectivity index is 1.63. The van der Waals surface area contributed by atoms with E-state index in [2.05, 4.69) is 5.32 Å². The molecule has 0 aliphatic carbocycles. The van der Waals surface area contributed by atoms with Crippen LogP contribution in [0.1, 0.15) is 5.56 Å². The van der Waals surface area contributed by atoms with Gasteiger partial charge in [-0.05, 0) is 18.2 Å². The Labute approximate surface area is 99.2 Å². The van der Waals surface area contributed by atoms with Crippen LogP contribution in [0.15, 0.2) is 47.3 Å². The summed E-state index contributed by atoms with van der Waals surface area (Å²) >= 11 is 0. The fourth-order valence-corrected chi connectivity index (χ4v) is 1.42. The van der Waals surface area contributed by atoms with Gasteiger partial charge in [0.25, 0.3) is 0 Å². The summed E-state index contributed by atoms with van der Waals surface area (Å²) in [7, 11) is 0. The van der Waals surface area contributed by atoms with Crippen molar-refractivity contribution in [1.29, 1.82) is 0 Å². The molecule has 1 aromatic carbocycles. The highest BCUT2D eigenvalue weighted by Gasteiger charge is 1.96. The summed E-state index contributed by atoms with van der Waals surface area (Å²) in [6.45, 7) is 1.94. The van der Waals surface area contributed by atoms with E-state index in [9.17, 15) is 4.39 Å². The molecule has 0 aliphatic heterocycles. The first-order valence-corrected chi connectivity index (χ1v) is 5.45. The fourth-order valence-electron chi connectivity index (χ4n) is 1.42. The molecular weight excluding hydrogens is 221 g/mol. The second-order valence-electron chi connectivity index (χ2n) is 3.61. The van der Waals surface area contributed by atoms with Gasteiger partial charge in [-0.3, -0.25) is 0 Å². The number of benzene rings is 1. The summed E-state index contributed by atoms with van der Waals surface area (Å²) in [4.78, 5) is 0. The maximum atomic E-state index is 12.8. The van der Waals surface area contributed by atoms with Gasteiger partial charge in [0.05, 0.1) is 12.5 Å². The molecular formula is C13H14FNO2. The largest absolute Gasteiger partial charge is 0.492 e. The van der Waals surface area contributed by atoms with Crippen molar-refractivity contribution in [3.8, 4) is 5.75 Å². The molecule has 0 unspecified atom stereocenters. The Morgan fingerprint density at radius 1 is 1.29 bits per heavy atom. The van der Waals surface area contributed by atoms with Crippen molar-refractivity contribution in [1.82, 2.24) is 5.32 Å². The van der Waals surface area contributed by atoms with E-state index in [1.54, 1.807) is 24.7 Å². The Morgan fingerprint density at radius 2 is 2.24 bits per heavy atom. The quantitative estimate of drug-likeness (QED) is 0.781. The van der Waals surface area contributed by atoms with Gasteiger partial charge in [-0.2, -0.15) is 0 Å². The Kier molecular flexibility index (Phi) is 4.16. The molecule has 0 bridgehead atoms. The average Bonchev–Trinajstić information content (AvgIpc) is 2.82. The first kappa shape index (κ1) is 11.7. The molecule has 0 spiro atoms. The molecule has 0 amide bonds. The molecule has 0 saturated heterocycles. The topological polar surface area (TPSA) is 34.4 Å². The number of hydrogen-bond acceptors (Lipinski definition) is 3. The third-order valence-electron chi connectivity index (χ3n) is 2.25. The second-order valence-corrected chi connectivity index (χ2v) is 3.61. The third-order valence-corrected chi connectivity index (χ3v) is 2.25. The van der Waals surface area contributed by atoms with Crippen molar-refractivity contribution in [2.45, 2.75) is 6.54 Å². The van der Waals surface area contributed by atoms with E-state index in [1.165, 1.54) is 12.1 Å². The predicted molar refractivity (Wildman–Crippen MR) is 62.3 cm³/mol. The molecule has 0 atom stereocenters. The summed E-state index contributed by atoms with van der Waals surface area (Å²) in [6, 6.07) is 8.03. The van der Waals surface area contributed by atoms with Gasteiger partial charge in [0.1, 0.15) is 18.2 Å². The van der Waals surface area contributed by atoms with Gasteiger partial charge in [-0.15, -0.1) is 0 Å². The number of halogens is 1. The van der Waals surface area contributed by atoms with Gasteiger partial charge < -0.3 is 14.5 Å². The van der Waals surface area contributed by atoms with Crippen LogP contribution in [0.25, 0.3) is 0 Å². The number of ether oxygens (including phenoxy) is 1. The molecule has 1 N–H and O–H groups in total. The SMILES string of the molecule is Fc1cccc(OCCNCc2ccoc2)c1. The van der Waals surface area contributed by atoms with E-state index in [0.717, 1.165) is 12.1 Å². The maximum Gasteiger partial charge on any atom is 0.126 e. The monoisotopic (exact) mass is 235 g/mol. The number of rotatable bonds is 6. The van der Waals surface area contributed by atoms with Crippen molar-refractivity contribution < 1.29 is 13.5 Å². The molecule has 17 heavy (non-hydrogen) atoms. The summed E-state index contributed by atoms with van der Waals surface area (Å²) < 4.78 is 23.1. The maximum absolute atomic E-state index is 12.8. The highest BCUT2D eigenvalue weighted by atomic mass is 19.1. The van der Waals surface area contributed by atoms with Gasteiger partial charge in [-0.1, -0.05) is 6.07 Å². The van der Waals surface area contributed by atoms with E-state index in [4.69, 9.17) is 9.15 Å². The van der Waals surface area contributed by atoms with Crippen LogP contribution in [0.5, 0.6) is 5.75 Å². The number of hydrogen-bond donors (Lipinski definition) is 1. The lowest BCUT2D eigenvalue weighted by Crippen LogP contribution is -2.20. The third kappa shape index (κ3) is 3.92. The fraction of sp³-hybridized carbons (Fsp3) is 0.231. The zero-order chi connectivity index (χ0) is 11.9. The summed E-state index contributed by atoms with van der Waals surface area (Å²) in [6.07, 6.45) is 3.33. The minimum Gasteiger partial charge on any atom is -0.492 e. The van der Waals surface area contributed by atoms with E-state index in [0.29, 0.717) is 18.9 Å². The van der Waals surface area contributed by atoms with Crippen LogP contribution in [0, 0.1) is 5.82 Å². The zero-order valence-corrected chi connectivity index (χ0v) is 9.36. The summed E-state index contributed by atoms with van der Waals surface area (Å²) in [5.74, 6) is 0.268. The highest BCUT2D eigenvalue weighted by molar-refractivity contribution is 5.22. The van der Waals surface area contributed by atoms with Crippen molar-refractivity contribution in [3.63, 3.8) is 0 Å².